The fourth-order valence-electron chi connectivity index (χ4n) is 3.75. The van der Waals surface area contributed by atoms with Gasteiger partial charge in [0, 0.05) is 18.7 Å². The molecule has 2 aromatic rings. The van der Waals surface area contributed by atoms with Crippen molar-refractivity contribution in [3.63, 3.8) is 0 Å². The number of hydrogen-bond donors (Lipinski definition) is 1. The molecule has 0 radical (unpaired) electrons. The Balaban J connectivity index is 1.40. The number of piperidine rings is 1. The molecule has 1 aromatic heterocycles. The van der Waals surface area contributed by atoms with Gasteiger partial charge in [0.15, 0.2) is 5.60 Å². The van der Waals surface area contributed by atoms with Crippen LogP contribution in [0.1, 0.15) is 34.5 Å². The van der Waals surface area contributed by atoms with Crippen LogP contribution in [0.5, 0.6) is 5.75 Å². The summed E-state index contributed by atoms with van der Waals surface area (Å²) in [5, 5.41) is 8.83. The summed E-state index contributed by atoms with van der Waals surface area (Å²) in [6, 6.07) is 9.05. The monoisotopic (exact) mass is 413 g/mol. The van der Waals surface area contributed by atoms with E-state index in [0.717, 1.165) is 29.0 Å². The Morgan fingerprint density at radius 2 is 2.07 bits per heavy atom. The number of oxime groups is 1. The molecule has 2 amide bonds. The first-order chi connectivity index (χ1) is 14.0. The molecule has 2 aliphatic rings. The van der Waals surface area contributed by atoms with Crippen LogP contribution in [0.2, 0.25) is 0 Å². The van der Waals surface area contributed by atoms with Crippen LogP contribution in [0.4, 0.5) is 5.69 Å². The third-order valence-corrected chi connectivity index (χ3v) is 6.34. The summed E-state index contributed by atoms with van der Waals surface area (Å²) >= 11 is 1.46. The highest BCUT2D eigenvalue weighted by Crippen LogP contribution is 2.35. The van der Waals surface area contributed by atoms with E-state index in [2.05, 4.69) is 10.5 Å². The molecule has 1 atom stereocenters. The van der Waals surface area contributed by atoms with Crippen LogP contribution < -0.4 is 10.1 Å². The fraction of sp³-hybridized carbons (Fsp3) is 0.381. The molecule has 0 saturated carbocycles. The van der Waals surface area contributed by atoms with Crippen molar-refractivity contribution in [1.82, 2.24) is 4.90 Å². The van der Waals surface area contributed by atoms with E-state index >= 15 is 0 Å². The minimum absolute atomic E-state index is 0.0244. The summed E-state index contributed by atoms with van der Waals surface area (Å²) in [7, 11) is 1.59. The zero-order valence-electron chi connectivity index (χ0n) is 16.4. The fourth-order valence-corrected chi connectivity index (χ4v) is 4.64. The number of carbonyl (C=O) groups is 2. The molecule has 0 aliphatic carbocycles. The van der Waals surface area contributed by atoms with Gasteiger partial charge in [-0.25, -0.2) is 0 Å². The van der Waals surface area contributed by atoms with Gasteiger partial charge in [0.1, 0.15) is 11.5 Å². The zero-order chi connectivity index (χ0) is 20.4. The van der Waals surface area contributed by atoms with Crippen molar-refractivity contribution in [1.29, 1.82) is 0 Å². The van der Waals surface area contributed by atoms with Crippen molar-refractivity contribution in [2.24, 2.45) is 5.16 Å². The Kier molecular flexibility index (Phi) is 5.27. The predicted molar refractivity (Wildman–Crippen MR) is 112 cm³/mol. The number of carbonyl (C=O) groups excluding carboxylic acids is 2. The van der Waals surface area contributed by atoms with Crippen LogP contribution in [0.25, 0.3) is 0 Å². The van der Waals surface area contributed by atoms with E-state index < -0.39 is 5.60 Å². The van der Waals surface area contributed by atoms with E-state index in [0.29, 0.717) is 30.9 Å². The number of benzene rings is 1. The normalized spacial score (nSPS) is 20.9. The Morgan fingerprint density at radius 1 is 1.28 bits per heavy atom. The lowest BCUT2D eigenvalue weighted by Gasteiger charge is -2.38. The molecule has 1 fully saturated rings. The quantitative estimate of drug-likeness (QED) is 0.833. The highest BCUT2D eigenvalue weighted by Gasteiger charge is 2.45. The number of ether oxygens (including phenoxy) is 1. The molecule has 4 rings (SSSR count). The summed E-state index contributed by atoms with van der Waals surface area (Å²) in [5.74, 6) is 0.456. The number of nitrogens with zero attached hydrogens (tertiary/aromatic N) is 2. The standard InChI is InChI=1S/C21H23N3O4S/c1-14-8-11-29-18(14)20(26)24-10-3-9-21(13-24)12-17(23-28-21)19(25)22-15-4-6-16(27-2)7-5-15/h4-8,11H,3,9-10,12-13H2,1-2H3,(H,22,25)/t21-/m1/s1. The molecule has 3 heterocycles. The van der Waals surface area contributed by atoms with Gasteiger partial charge in [-0.2, -0.15) is 0 Å². The molecule has 152 valence electrons. The molecule has 1 N–H and O–H groups in total. The van der Waals surface area contributed by atoms with Crippen molar-refractivity contribution >= 4 is 34.6 Å². The Hall–Kier alpha value is -2.87. The van der Waals surface area contributed by atoms with Crippen molar-refractivity contribution in [2.75, 3.05) is 25.5 Å². The smallest absolute Gasteiger partial charge is 0.273 e. The third-order valence-electron chi connectivity index (χ3n) is 5.33. The summed E-state index contributed by atoms with van der Waals surface area (Å²) in [4.78, 5) is 33.8. The topological polar surface area (TPSA) is 80.2 Å². The number of thiophene rings is 1. The molecule has 1 spiro atoms. The Bertz CT molecular complexity index is 953. The number of nitrogens with one attached hydrogen (secondary N) is 1. The number of amides is 2. The van der Waals surface area contributed by atoms with Crippen molar-refractivity contribution in [3.05, 3.63) is 46.2 Å². The molecule has 7 nitrogen and oxygen atoms in total. The number of hydrogen-bond acceptors (Lipinski definition) is 6. The average Bonchev–Trinajstić information content (AvgIpc) is 3.34. The largest absolute Gasteiger partial charge is 0.497 e. The van der Waals surface area contributed by atoms with E-state index in [1.54, 1.807) is 31.4 Å². The molecule has 8 heteroatoms. The maximum atomic E-state index is 12.9. The van der Waals surface area contributed by atoms with Gasteiger partial charge in [-0.1, -0.05) is 5.16 Å². The maximum absolute atomic E-state index is 12.9. The summed E-state index contributed by atoms with van der Waals surface area (Å²) < 4.78 is 5.12. The summed E-state index contributed by atoms with van der Waals surface area (Å²) in [6.07, 6.45) is 1.98. The van der Waals surface area contributed by atoms with Gasteiger partial charge >= 0.3 is 0 Å². The van der Waals surface area contributed by atoms with Gasteiger partial charge in [0.25, 0.3) is 11.8 Å². The predicted octanol–water partition coefficient (Wildman–Crippen LogP) is 3.45. The molecular weight excluding hydrogens is 390 g/mol. The highest BCUT2D eigenvalue weighted by atomic mass is 32.1. The van der Waals surface area contributed by atoms with Crippen LogP contribution >= 0.6 is 11.3 Å². The highest BCUT2D eigenvalue weighted by molar-refractivity contribution is 7.12. The molecular formula is C21H23N3O4S. The van der Waals surface area contributed by atoms with E-state index in [1.165, 1.54) is 11.3 Å². The lowest BCUT2D eigenvalue weighted by molar-refractivity contribution is -0.110. The number of methoxy groups -OCH3 is 1. The first-order valence-electron chi connectivity index (χ1n) is 9.53. The maximum Gasteiger partial charge on any atom is 0.273 e. The SMILES string of the molecule is COc1ccc(NC(=O)C2=NO[C@]3(CCCN(C(=O)c4sccc4C)C3)C2)cc1. The van der Waals surface area contributed by atoms with Crippen LogP contribution in [0.3, 0.4) is 0 Å². The molecule has 0 unspecified atom stereocenters. The number of likely N-dealkylation sites (tertiary alicyclic amines) is 1. The van der Waals surface area contributed by atoms with Gasteiger partial charge < -0.3 is 19.8 Å². The Labute approximate surface area is 173 Å². The van der Waals surface area contributed by atoms with Crippen molar-refractivity contribution < 1.29 is 19.2 Å². The van der Waals surface area contributed by atoms with Gasteiger partial charge in [-0.3, -0.25) is 9.59 Å². The second kappa shape index (κ2) is 7.87. The second-order valence-corrected chi connectivity index (χ2v) is 8.35. The van der Waals surface area contributed by atoms with Crippen LogP contribution in [0, 0.1) is 6.92 Å². The minimum Gasteiger partial charge on any atom is -0.497 e. The van der Waals surface area contributed by atoms with Crippen LogP contribution in [0.15, 0.2) is 40.9 Å². The van der Waals surface area contributed by atoms with Crippen LogP contribution in [-0.4, -0.2) is 48.2 Å². The molecule has 0 bridgehead atoms. The van der Waals surface area contributed by atoms with Crippen LogP contribution in [-0.2, 0) is 9.63 Å². The molecule has 1 aromatic carbocycles. The first kappa shape index (κ1) is 19.4. The van der Waals surface area contributed by atoms with E-state index in [4.69, 9.17) is 9.57 Å². The summed E-state index contributed by atoms with van der Waals surface area (Å²) in [5.41, 5.74) is 1.38. The van der Waals surface area contributed by atoms with Crippen molar-refractivity contribution in [2.45, 2.75) is 31.8 Å². The number of anilines is 1. The molecule has 1 saturated heterocycles. The zero-order valence-corrected chi connectivity index (χ0v) is 17.3. The van der Waals surface area contributed by atoms with Gasteiger partial charge in [-0.15, -0.1) is 11.3 Å². The average molecular weight is 413 g/mol. The Morgan fingerprint density at radius 3 is 2.76 bits per heavy atom. The lowest BCUT2D eigenvalue weighted by atomic mass is 9.88. The molecule has 29 heavy (non-hydrogen) atoms. The van der Waals surface area contributed by atoms with E-state index in [9.17, 15) is 9.59 Å². The third kappa shape index (κ3) is 3.98. The summed E-state index contributed by atoms with van der Waals surface area (Å²) in [6.45, 7) is 3.07. The van der Waals surface area contributed by atoms with Gasteiger partial charge in [-0.05, 0) is 61.0 Å². The first-order valence-corrected chi connectivity index (χ1v) is 10.4. The van der Waals surface area contributed by atoms with Gasteiger partial charge in [0.05, 0.1) is 18.5 Å². The number of rotatable bonds is 4. The second-order valence-electron chi connectivity index (χ2n) is 7.43. The molecule has 2 aliphatic heterocycles. The lowest BCUT2D eigenvalue weighted by Crippen LogP contribution is -2.50. The number of aryl methyl sites for hydroxylation is 1. The van der Waals surface area contributed by atoms with Crippen molar-refractivity contribution in [3.8, 4) is 5.75 Å². The van der Waals surface area contributed by atoms with E-state index in [-0.39, 0.29) is 11.8 Å². The minimum atomic E-state index is -0.619. The van der Waals surface area contributed by atoms with E-state index in [1.807, 2.05) is 23.3 Å². The van der Waals surface area contributed by atoms with Gasteiger partial charge in [0.2, 0.25) is 0 Å².